The summed E-state index contributed by atoms with van der Waals surface area (Å²) in [6.07, 6.45) is 6.26. The fraction of sp³-hybridized carbons (Fsp3) is 0.143. The molecule has 0 amide bonds. The van der Waals surface area contributed by atoms with Crippen LogP contribution in [0.15, 0.2) is 36.7 Å². The number of aryl methyl sites for hydroxylation is 1. The number of carbonyl (C=O) groups excluding carboxylic acids is 1. The van der Waals surface area contributed by atoms with Gasteiger partial charge in [-0.05, 0) is 24.3 Å². The van der Waals surface area contributed by atoms with Crippen molar-refractivity contribution in [3.63, 3.8) is 0 Å². The Labute approximate surface area is 136 Å². The smallest absolute Gasteiger partial charge is 0.288 e. The molecule has 0 fully saturated rings. The Bertz CT molecular complexity index is 741. The van der Waals surface area contributed by atoms with Crippen molar-refractivity contribution in [2.24, 2.45) is 0 Å². The molecule has 0 spiro atoms. The van der Waals surface area contributed by atoms with E-state index >= 15 is 0 Å². The first-order chi connectivity index (χ1) is 10.5. The normalized spacial score (nSPS) is 11.0. The Balaban J connectivity index is 2.16. The topological polar surface area (TPSA) is 78.0 Å². The molecule has 1 aromatic carbocycles. The average molecular weight is 340 g/mol. The number of alkyl halides is 1. The van der Waals surface area contributed by atoms with E-state index < -0.39 is 4.92 Å². The highest BCUT2D eigenvalue weighted by atomic mass is 35.5. The van der Waals surface area contributed by atoms with E-state index in [1.54, 1.807) is 23.2 Å². The highest BCUT2D eigenvalue weighted by Gasteiger charge is 2.15. The highest BCUT2D eigenvalue weighted by molar-refractivity contribution is 6.32. The summed E-state index contributed by atoms with van der Waals surface area (Å²) >= 11 is 11.3. The molecule has 0 N–H and O–H groups in total. The number of aromatic nitrogens is 2. The van der Waals surface area contributed by atoms with Gasteiger partial charge in [-0.2, -0.15) is 5.10 Å². The predicted molar refractivity (Wildman–Crippen MR) is 84.4 cm³/mol. The van der Waals surface area contributed by atoms with Crippen molar-refractivity contribution in [1.82, 2.24) is 9.78 Å². The standard InChI is InChI=1S/C14H11Cl2N3O3/c15-5-6-18-9-10(8-17-18)1-4-14(20)11-2-3-12(16)13(7-11)19(21)22/h1-4,7-9H,5-6H2. The lowest BCUT2D eigenvalue weighted by Gasteiger charge is -1.98. The Morgan fingerprint density at radius 1 is 1.45 bits per heavy atom. The average Bonchev–Trinajstić information content (AvgIpc) is 2.93. The minimum absolute atomic E-state index is 0.00659. The van der Waals surface area contributed by atoms with E-state index in [1.807, 2.05) is 0 Å². The van der Waals surface area contributed by atoms with Gasteiger partial charge in [0.15, 0.2) is 5.78 Å². The lowest BCUT2D eigenvalue weighted by Crippen LogP contribution is -1.98. The molecule has 2 rings (SSSR count). The van der Waals surface area contributed by atoms with E-state index in [4.69, 9.17) is 23.2 Å². The first-order valence-electron chi connectivity index (χ1n) is 6.26. The molecule has 0 saturated carbocycles. The van der Waals surface area contributed by atoms with E-state index in [-0.39, 0.29) is 22.1 Å². The zero-order valence-corrected chi connectivity index (χ0v) is 12.8. The van der Waals surface area contributed by atoms with E-state index in [1.165, 1.54) is 18.2 Å². The van der Waals surface area contributed by atoms with Crippen molar-refractivity contribution >= 4 is 40.7 Å². The SMILES string of the molecule is O=C(C=Cc1cnn(CCCl)c1)c1ccc(Cl)c([N+](=O)[O-])c1. The van der Waals surface area contributed by atoms with Crippen LogP contribution in [0.2, 0.25) is 5.02 Å². The number of nitro groups is 1. The number of halogens is 2. The van der Waals surface area contributed by atoms with Gasteiger partial charge in [0.25, 0.3) is 5.69 Å². The summed E-state index contributed by atoms with van der Waals surface area (Å²) in [5.74, 6) is 0.0861. The van der Waals surface area contributed by atoms with Gasteiger partial charge < -0.3 is 0 Å². The number of ketones is 1. The molecule has 0 unspecified atom stereocenters. The fourth-order valence-corrected chi connectivity index (χ4v) is 2.11. The molecule has 0 atom stereocenters. The summed E-state index contributed by atoms with van der Waals surface area (Å²) in [4.78, 5) is 22.2. The van der Waals surface area contributed by atoms with Gasteiger partial charge in [0.2, 0.25) is 0 Å². The maximum absolute atomic E-state index is 12.0. The molecule has 0 saturated heterocycles. The number of rotatable bonds is 6. The molecular formula is C14H11Cl2N3O3. The number of allylic oxidation sites excluding steroid dienone is 1. The molecule has 0 radical (unpaired) electrons. The second-order valence-electron chi connectivity index (χ2n) is 4.35. The molecule has 22 heavy (non-hydrogen) atoms. The summed E-state index contributed by atoms with van der Waals surface area (Å²) in [7, 11) is 0. The Kier molecular flexibility index (Phi) is 5.30. The van der Waals surface area contributed by atoms with Crippen molar-refractivity contribution in [3.05, 3.63) is 62.9 Å². The summed E-state index contributed by atoms with van der Waals surface area (Å²) in [6, 6.07) is 3.93. The Morgan fingerprint density at radius 2 is 2.23 bits per heavy atom. The summed E-state index contributed by atoms with van der Waals surface area (Å²) in [6.45, 7) is 0.576. The van der Waals surface area contributed by atoms with Gasteiger partial charge in [-0.1, -0.05) is 11.6 Å². The van der Waals surface area contributed by atoms with Crippen LogP contribution in [0.5, 0.6) is 0 Å². The maximum atomic E-state index is 12.0. The van der Waals surface area contributed by atoms with E-state index in [9.17, 15) is 14.9 Å². The van der Waals surface area contributed by atoms with Crippen molar-refractivity contribution in [2.45, 2.75) is 6.54 Å². The number of hydrogen-bond acceptors (Lipinski definition) is 4. The second-order valence-corrected chi connectivity index (χ2v) is 5.13. The summed E-state index contributed by atoms with van der Waals surface area (Å²) < 4.78 is 1.66. The van der Waals surface area contributed by atoms with Crippen molar-refractivity contribution in [2.75, 3.05) is 5.88 Å². The molecule has 1 aromatic heterocycles. The molecule has 2 aromatic rings. The van der Waals surface area contributed by atoms with Crippen LogP contribution in [0.1, 0.15) is 15.9 Å². The van der Waals surface area contributed by atoms with Gasteiger partial charge in [0.05, 0.1) is 17.7 Å². The van der Waals surface area contributed by atoms with Crippen LogP contribution in [0.25, 0.3) is 6.08 Å². The van der Waals surface area contributed by atoms with Crippen LogP contribution < -0.4 is 0 Å². The van der Waals surface area contributed by atoms with Gasteiger partial charge in [-0.3, -0.25) is 19.6 Å². The van der Waals surface area contributed by atoms with Crippen molar-refractivity contribution in [3.8, 4) is 0 Å². The number of carbonyl (C=O) groups is 1. The van der Waals surface area contributed by atoms with E-state index in [2.05, 4.69) is 5.10 Å². The zero-order valence-electron chi connectivity index (χ0n) is 11.3. The largest absolute Gasteiger partial charge is 0.289 e. The van der Waals surface area contributed by atoms with Crippen molar-refractivity contribution in [1.29, 1.82) is 0 Å². The Hall–Kier alpha value is -2.18. The third-order valence-electron chi connectivity index (χ3n) is 2.82. The number of benzene rings is 1. The first-order valence-corrected chi connectivity index (χ1v) is 7.17. The van der Waals surface area contributed by atoms with Crippen LogP contribution in [0.4, 0.5) is 5.69 Å². The second kappa shape index (κ2) is 7.20. The highest BCUT2D eigenvalue weighted by Crippen LogP contribution is 2.25. The van der Waals surface area contributed by atoms with Gasteiger partial charge in [0.1, 0.15) is 5.02 Å². The molecule has 0 aliphatic rings. The Morgan fingerprint density at radius 3 is 2.91 bits per heavy atom. The van der Waals surface area contributed by atoms with E-state index in [0.29, 0.717) is 12.4 Å². The quantitative estimate of drug-likeness (QED) is 0.265. The van der Waals surface area contributed by atoms with Gasteiger partial charge >= 0.3 is 0 Å². The third-order valence-corrected chi connectivity index (χ3v) is 3.31. The number of nitro benzene ring substituents is 1. The minimum Gasteiger partial charge on any atom is -0.289 e. The molecule has 114 valence electrons. The fourth-order valence-electron chi connectivity index (χ4n) is 1.75. The third kappa shape index (κ3) is 3.93. The van der Waals surface area contributed by atoms with E-state index in [0.717, 1.165) is 11.6 Å². The lowest BCUT2D eigenvalue weighted by atomic mass is 10.1. The van der Waals surface area contributed by atoms with Crippen LogP contribution in [-0.4, -0.2) is 26.4 Å². The number of hydrogen-bond donors (Lipinski definition) is 0. The zero-order chi connectivity index (χ0) is 16.1. The molecule has 8 heteroatoms. The van der Waals surface area contributed by atoms with Crippen LogP contribution in [0, 0.1) is 10.1 Å². The summed E-state index contributed by atoms with van der Waals surface area (Å²) in [5.41, 5.74) is 0.637. The molecule has 1 heterocycles. The molecule has 0 aliphatic heterocycles. The lowest BCUT2D eigenvalue weighted by molar-refractivity contribution is -0.384. The van der Waals surface area contributed by atoms with Crippen LogP contribution in [0.3, 0.4) is 0 Å². The molecule has 6 nitrogen and oxygen atoms in total. The van der Waals surface area contributed by atoms with Crippen LogP contribution in [-0.2, 0) is 6.54 Å². The number of nitrogens with zero attached hydrogens (tertiary/aromatic N) is 3. The monoisotopic (exact) mass is 339 g/mol. The first kappa shape index (κ1) is 16.2. The van der Waals surface area contributed by atoms with Crippen molar-refractivity contribution < 1.29 is 9.72 Å². The van der Waals surface area contributed by atoms with Gasteiger partial charge in [0, 0.05) is 29.3 Å². The van der Waals surface area contributed by atoms with Crippen LogP contribution >= 0.6 is 23.2 Å². The van der Waals surface area contributed by atoms with Gasteiger partial charge in [-0.15, -0.1) is 11.6 Å². The molecule has 0 bridgehead atoms. The maximum Gasteiger partial charge on any atom is 0.288 e. The molecular weight excluding hydrogens is 329 g/mol. The molecule has 0 aliphatic carbocycles. The van der Waals surface area contributed by atoms with Gasteiger partial charge in [-0.25, -0.2) is 0 Å². The minimum atomic E-state index is -0.626. The predicted octanol–water partition coefficient (Wildman–Crippen LogP) is 3.58. The summed E-state index contributed by atoms with van der Waals surface area (Å²) in [5, 5.41) is 14.9.